The van der Waals surface area contributed by atoms with Gasteiger partial charge in [-0.25, -0.2) is 0 Å². The summed E-state index contributed by atoms with van der Waals surface area (Å²) in [5.74, 6) is -0.330. The Morgan fingerprint density at radius 3 is 2.67 bits per heavy atom. The molecule has 0 atom stereocenters. The minimum atomic E-state index is -0.360. The molecule has 110 valence electrons. The molecule has 21 heavy (non-hydrogen) atoms. The Kier molecular flexibility index (Phi) is 4.50. The summed E-state index contributed by atoms with van der Waals surface area (Å²) in [6.45, 7) is 0.592. The molecule has 2 rings (SSSR count). The zero-order chi connectivity index (χ0) is 15.2. The number of ether oxygens (including phenoxy) is 1. The number of phenolic OH excluding ortho intramolecular Hbond substituents is 2. The van der Waals surface area contributed by atoms with Crippen molar-refractivity contribution in [2.24, 2.45) is 0 Å². The molecule has 6 nitrogen and oxygen atoms in total. The molecule has 0 saturated heterocycles. The van der Waals surface area contributed by atoms with Crippen molar-refractivity contribution in [2.75, 3.05) is 18.9 Å². The third-order valence-corrected chi connectivity index (χ3v) is 2.75. The lowest BCUT2D eigenvalue weighted by Gasteiger charge is -2.08. The van der Waals surface area contributed by atoms with E-state index in [-0.39, 0.29) is 23.0 Å². The second-order valence-electron chi connectivity index (χ2n) is 4.38. The van der Waals surface area contributed by atoms with Crippen molar-refractivity contribution in [3.05, 3.63) is 48.0 Å². The summed E-state index contributed by atoms with van der Waals surface area (Å²) in [7, 11) is 0. The lowest BCUT2D eigenvalue weighted by Crippen LogP contribution is -2.28. The molecule has 0 heterocycles. The first-order valence-corrected chi connectivity index (χ1v) is 6.35. The number of nitrogens with one attached hydrogen (secondary N) is 1. The molecular formula is C15H16N2O4. The van der Waals surface area contributed by atoms with Gasteiger partial charge in [0, 0.05) is 17.3 Å². The monoisotopic (exact) mass is 288 g/mol. The number of nitrogen functional groups attached to an aromatic ring is 1. The van der Waals surface area contributed by atoms with Gasteiger partial charge in [-0.3, -0.25) is 4.79 Å². The molecule has 2 aromatic carbocycles. The van der Waals surface area contributed by atoms with Crippen LogP contribution in [-0.4, -0.2) is 29.3 Å². The van der Waals surface area contributed by atoms with Crippen LogP contribution >= 0.6 is 0 Å². The van der Waals surface area contributed by atoms with E-state index in [1.807, 2.05) is 0 Å². The van der Waals surface area contributed by atoms with E-state index >= 15 is 0 Å². The number of hydrogen-bond donors (Lipinski definition) is 4. The first kappa shape index (κ1) is 14.5. The average Bonchev–Trinajstić information content (AvgIpc) is 2.46. The molecule has 0 aliphatic carbocycles. The maximum Gasteiger partial charge on any atom is 0.251 e. The number of carbonyl (C=O) groups is 1. The highest BCUT2D eigenvalue weighted by Gasteiger charge is 2.08. The van der Waals surface area contributed by atoms with Crippen molar-refractivity contribution < 1.29 is 19.7 Å². The SMILES string of the molecule is Nc1cccc(OCCNC(=O)c2ccc(O)c(O)c2)c1. The van der Waals surface area contributed by atoms with Gasteiger partial charge in [0.05, 0.1) is 6.54 Å². The van der Waals surface area contributed by atoms with Crippen LogP contribution in [0.15, 0.2) is 42.5 Å². The first-order valence-electron chi connectivity index (χ1n) is 6.35. The number of carbonyl (C=O) groups excluding carboxylic acids is 1. The maximum atomic E-state index is 11.8. The normalized spacial score (nSPS) is 10.1. The Bertz CT molecular complexity index is 643. The van der Waals surface area contributed by atoms with Gasteiger partial charge in [0.2, 0.25) is 0 Å². The number of aromatic hydroxyl groups is 2. The zero-order valence-electron chi connectivity index (χ0n) is 11.2. The minimum absolute atomic E-state index is 0.259. The van der Waals surface area contributed by atoms with Crippen molar-refractivity contribution in [1.29, 1.82) is 0 Å². The molecule has 0 spiro atoms. The van der Waals surface area contributed by atoms with E-state index in [1.54, 1.807) is 24.3 Å². The predicted molar refractivity (Wildman–Crippen MR) is 78.5 cm³/mol. The molecule has 0 radical (unpaired) electrons. The van der Waals surface area contributed by atoms with Gasteiger partial charge in [-0.1, -0.05) is 6.07 Å². The fraction of sp³-hybridized carbons (Fsp3) is 0.133. The summed E-state index contributed by atoms with van der Waals surface area (Å²) in [6, 6.07) is 10.9. The third kappa shape index (κ3) is 4.04. The van der Waals surface area contributed by atoms with E-state index in [0.717, 1.165) is 0 Å². The second kappa shape index (κ2) is 6.51. The highest BCUT2D eigenvalue weighted by atomic mass is 16.5. The van der Waals surface area contributed by atoms with Crippen LogP contribution < -0.4 is 15.8 Å². The number of benzene rings is 2. The van der Waals surface area contributed by atoms with Crippen LogP contribution in [0.4, 0.5) is 5.69 Å². The van der Waals surface area contributed by atoms with E-state index in [1.165, 1.54) is 18.2 Å². The van der Waals surface area contributed by atoms with E-state index in [4.69, 9.17) is 10.5 Å². The highest BCUT2D eigenvalue weighted by Crippen LogP contribution is 2.24. The van der Waals surface area contributed by atoms with Crippen LogP contribution in [0.3, 0.4) is 0 Å². The standard InChI is InChI=1S/C15H16N2O4/c16-11-2-1-3-12(9-11)21-7-6-17-15(20)10-4-5-13(18)14(19)8-10/h1-5,8-9,18-19H,6-7,16H2,(H,17,20). The van der Waals surface area contributed by atoms with Crippen LogP contribution in [0.1, 0.15) is 10.4 Å². The summed E-state index contributed by atoms with van der Waals surface area (Å²) in [4.78, 5) is 11.8. The summed E-state index contributed by atoms with van der Waals surface area (Å²) in [5, 5.41) is 21.1. The summed E-state index contributed by atoms with van der Waals surface area (Å²) in [5.41, 5.74) is 6.49. The number of rotatable bonds is 5. The molecule has 1 amide bonds. The zero-order valence-corrected chi connectivity index (χ0v) is 11.2. The summed E-state index contributed by atoms with van der Waals surface area (Å²) < 4.78 is 5.43. The first-order chi connectivity index (χ1) is 10.1. The molecule has 0 saturated carbocycles. The molecule has 0 fully saturated rings. The van der Waals surface area contributed by atoms with Gasteiger partial charge in [0.25, 0.3) is 5.91 Å². The Balaban J connectivity index is 1.80. The molecular weight excluding hydrogens is 272 g/mol. The maximum absolute atomic E-state index is 11.8. The van der Waals surface area contributed by atoms with Gasteiger partial charge < -0.3 is 26.0 Å². The lowest BCUT2D eigenvalue weighted by molar-refractivity contribution is 0.0946. The third-order valence-electron chi connectivity index (χ3n) is 2.75. The molecule has 0 aliphatic rings. The Morgan fingerprint density at radius 1 is 1.14 bits per heavy atom. The van der Waals surface area contributed by atoms with Gasteiger partial charge in [0.1, 0.15) is 12.4 Å². The molecule has 2 aromatic rings. The molecule has 0 unspecified atom stereocenters. The van der Waals surface area contributed by atoms with Crippen LogP contribution in [-0.2, 0) is 0 Å². The van der Waals surface area contributed by atoms with Crippen LogP contribution in [0.25, 0.3) is 0 Å². The number of hydrogen-bond acceptors (Lipinski definition) is 5. The van der Waals surface area contributed by atoms with Gasteiger partial charge in [-0.2, -0.15) is 0 Å². The van der Waals surface area contributed by atoms with Crippen molar-refractivity contribution in [2.45, 2.75) is 0 Å². The van der Waals surface area contributed by atoms with Crippen LogP contribution in [0.5, 0.6) is 17.2 Å². The molecule has 6 heteroatoms. The number of amides is 1. The topological polar surface area (TPSA) is 105 Å². The smallest absolute Gasteiger partial charge is 0.251 e. The number of anilines is 1. The molecule has 5 N–H and O–H groups in total. The largest absolute Gasteiger partial charge is 0.504 e. The second-order valence-corrected chi connectivity index (χ2v) is 4.38. The van der Waals surface area contributed by atoms with Crippen LogP contribution in [0.2, 0.25) is 0 Å². The van der Waals surface area contributed by atoms with E-state index in [9.17, 15) is 15.0 Å². The van der Waals surface area contributed by atoms with Gasteiger partial charge in [-0.05, 0) is 30.3 Å². The van der Waals surface area contributed by atoms with Crippen LogP contribution in [0, 0.1) is 0 Å². The average molecular weight is 288 g/mol. The van der Waals surface area contributed by atoms with Crippen molar-refractivity contribution in [1.82, 2.24) is 5.32 Å². The Labute approximate surface area is 121 Å². The number of nitrogens with two attached hydrogens (primary N) is 1. The fourth-order valence-corrected chi connectivity index (χ4v) is 1.70. The van der Waals surface area contributed by atoms with E-state index in [2.05, 4.69) is 5.32 Å². The van der Waals surface area contributed by atoms with Crippen molar-refractivity contribution >= 4 is 11.6 Å². The van der Waals surface area contributed by atoms with E-state index in [0.29, 0.717) is 24.6 Å². The van der Waals surface area contributed by atoms with Gasteiger partial charge in [0.15, 0.2) is 11.5 Å². The Morgan fingerprint density at radius 2 is 1.95 bits per heavy atom. The Hall–Kier alpha value is -2.89. The lowest BCUT2D eigenvalue weighted by atomic mass is 10.2. The minimum Gasteiger partial charge on any atom is -0.504 e. The van der Waals surface area contributed by atoms with Crippen molar-refractivity contribution in [3.8, 4) is 17.2 Å². The fourth-order valence-electron chi connectivity index (χ4n) is 1.70. The summed E-state index contributed by atoms with van der Waals surface area (Å²) >= 11 is 0. The van der Waals surface area contributed by atoms with E-state index < -0.39 is 0 Å². The van der Waals surface area contributed by atoms with Gasteiger partial charge in [-0.15, -0.1) is 0 Å². The van der Waals surface area contributed by atoms with Gasteiger partial charge >= 0.3 is 0 Å². The van der Waals surface area contributed by atoms with Crippen molar-refractivity contribution in [3.63, 3.8) is 0 Å². The number of phenols is 2. The quantitative estimate of drug-likeness (QED) is 0.379. The highest BCUT2D eigenvalue weighted by molar-refractivity contribution is 5.94. The summed E-state index contributed by atoms with van der Waals surface area (Å²) in [6.07, 6.45) is 0. The molecule has 0 bridgehead atoms. The molecule has 0 aliphatic heterocycles. The predicted octanol–water partition coefficient (Wildman–Crippen LogP) is 1.49. The molecule has 0 aromatic heterocycles.